The lowest BCUT2D eigenvalue weighted by atomic mass is 9.95. The maximum Gasteiger partial charge on any atom is 0.135 e. The van der Waals surface area contributed by atoms with E-state index in [1.54, 1.807) is 6.07 Å². The second-order valence-electron chi connectivity index (χ2n) is 4.91. The number of benzene rings is 1. The third-order valence-corrected chi connectivity index (χ3v) is 6.07. The van der Waals surface area contributed by atoms with Crippen LogP contribution in [-0.2, 0) is 0 Å². The molecule has 0 saturated carbocycles. The maximum atomic E-state index is 13.5. The average Bonchev–Trinajstić information content (AvgIpc) is 2.78. The number of thiophene rings is 1. The van der Waals surface area contributed by atoms with Crippen LogP contribution < -0.4 is 10.1 Å². The predicted molar refractivity (Wildman–Crippen MR) is 87.8 cm³/mol. The lowest BCUT2D eigenvalue weighted by Crippen LogP contribution is -2.28. The summed E-state index contributed by atoms with van der Waals surface area (Å²) in [4.78, 5) is 1.05. The van der Waals surface area contributed by atoms with Gasteiger partial charge in [-0.1, -0.05) is 24.6 Å². The molecule has 0 aliphatic carbocycles. The molecule has 0 fully saturated rings. The van der Waals surface area contributed by atoms with Crippen molar-refractivity contribution in [3.05, 3.63) is 49.3 Å². The molecule has 21 heavy (non-hydrogen) atoms. The molecular weight excluding hydrogens is 377 g/mol. The predicted octanol–water partition coefficient (Wildman–Crippen LogP) is 5.48. The summed E-state index contributed by atoms with van der Waals surface area (Å²) in [5.74, 6) is 0.327. The quantitative estimate of drug-likeness (QED) is 0.749. The summed E-state index contributed by atoms with van der Waals surface area (Å²) < 4.78 is 21.1. The largest absolute Gasteiger partial charge is 0.484 e. The van der Waals surface area contributed by atoms with Gasteiger partial charge in [-0.15, -0.1) is 11.3 Å². The van der Waals surface area contributed by atoms with Crippen molar-refractivity contribution in [2.24, 2.45) is 0 Å². The number of hydrogen-bond acceptors (Lipinski definition) is 3. The van der Waals surface area contributed by atoms with Crippen molar-refractivity contribution >= 4 is 38.9 Å². The maximum absolute atomic E-state index is 13.5. The van der Waals surface area contributed by atoms with Crippen LogP contribution >= 0.6 is 38.9 Å². The van der Waals surface area contributed by atoms with E-state index in [0.717, 1.165) is 27.9 Å². The molecule has 6 heteroatoms. The minimum absolute atomic E-state index is 0.114. The zero-order chi connectivity index (χ0) is 15.0. The molecule has 3 rings (SSSR count). The first-order chi connectivity index (χ1) is 10.1. The van der Waals surface area contributed by atoms with Crippen LogP contribution in [0.3, 0.4) is 0 Å². The Morgan fingerprint density at radius 3 is 2.95 bits per heavy atom. The highest BCUT2D eigenvalue weighted by molar-refractivity contribution is 9.10. The molecule has 2 unspecified atom stereocenters. The Bertz CT molecular complexity index is 644. The van der Waals surface area contributed by atoms with Crippen molar-refractivity contribution in [3.8, 4) is 5.75 Å². The van der Waals surface area contributed by atoms with Crippen LogP contribution in [0.1, 0.15) is 35.9 Å². The monoisotopic (exact) mass is 389 g/mol. The molecule has 0 radical (unpaired) electrons. The molecular formula is C15H14BrClFNOS. The van der Waals surface area contributed by atoms with E-state index in [1.807, 2.05) is 6.07 Å². The van der Waals surface area contributed by atoms with Gasteiger partial charge in [-0.3, -0.25) is 0 Å². The van der Waals surface area contributed by atoms with Gasteiger partial charge in [0, 0.05) is 33.4 Å². The van der Waals surface area contributed by atoms with E-state index in [-0.39, 0.29) is 18.0 Å². The van der Waals surface area contributed by atoms with Crippen LogP contribution in [0.5, 0.6) is 5.75 Å². The van der Waals surface area contributed by atoms with Crippen LogP contribution in [0.4, 0.5) is 4.39 Å². The van der Waals surface area contributed by atoms with E-state index >= 15 is 0 Å². The second-order valence-corrected chi connectivity index (χ2v) is 7.45. The van der Waals surface area contributed by atoms with Crippen LogP contribution in [0, 0.1) is 5.82 Å². The van der Waals surface area contributed by atoms with Crippen molar-refractivity contribution < 1.29 is 9.13 Å². The fourth-order valence-corrected chi connectivity index (χ4v) is 4.36. The number of hydrogen-bond donors (Lipinski definition) is 1. The molecule has 0 bridgehead atoms. The lowest BCUT2D eigenvalue weighted by molar-refractivity contribution is 0.154. The summed E-state index contributed by atoms with van der Waals surface area (Å²) >= 11 is 11.0. The molecule has 1 N–H and O–H groups in total. The Morgan fingerprint density at radius 1 is 1.48 bits per heavy atom. The van der Waals surface area contributed by atoms with Gasteiger partial charge in [0.25, 0.3) is 0 Å². The van der Waals surface area contributed by atoms with Crippen LogP contribution in [-0.4, -0.2) is 6.54 Å². The zero-order valence-corrected chi connectivity index (χ0v) is 14.5. The van der Waals surface area contributed by atoms with Crippen molar-refractivity contribution in [1.29, 1.82) is 0 Å². The average molecular weight is 391 g/mol. The summed E-state index contributed by atoms with van der Waals surface area (Å²) in [5.41, 5.74) is 1.01. The first-order valence-electron chi connectivity index (χ1n) is 6.72. The summed E-state index contributed by atoms with van der Waals surface area (Å²) in [7, 11) is 0. The molecule has 0 spiro atoms. The third kappa shape index (κ3) is 3.11. The lowest BCUT2D eigenvalue weighted by Gasteiger charge is -2.32. The highest BCUT2D eigenvalue weighted by Crippen LogP contribution is 2.45. The van der Waals surface area contributed by atoms with Gasteiger partial charge in [0.15, 0.2) is 0 Å². The van der Waals surface area contributed by atoms with E-state index in [1.165, 1.54) is 23.5 Å². The summed E-state index contributed by atoms with van der Waals surface area (Å²) in [6.45, 7) is 2.91. The summed E-state index contributed by atoms with van der Waals surface area (Å²) in [6, 6.07) is 6.86. The molecule has 2 aromatic rings. The highest BCUT2D eigenvalue weighted by Gasteiger charge is 2.30. The molecule has 2 nitrogen and oxygen atoms in total. The number of nitrogens with one attached hydrogen (secondary N) is 1. The Labute approximate surface area is 140 Å². The fourth-order valence-electron chi connectivity index (χ4n) is 2.58. The Morgan fingerprint density at radius 2 is 2.29 bits per heavy atom. The Kier molecular flexibility index (Phi) is 4.54. The van der Waals surface area contributed by atoms with Gasteiger partial charge in [-0.2, -0.15) is 0 Å². The van der Waals surface area contributed by atoms with Crippen molar-refractivity contribution in [2.45, 2.75) is 25.5 Å². The van der Waals surface area contributed by atoms with Crippen LogP contribution in [0.15, 0.2) is 28.7 Å². The summed E-state index contributed by atoms with van der Waals surface area (Å²) in [5, 5.41) is 3.44. The molecule has 0 amide bonds. The number of ether oxygens (including phenoxy) is 1. The smallest absolute Gasteiger partial charge is 0.135 e. The van der Waals surface area contributed by atoms with Crippen molar-refractivity contribution in [1.82, 2.24) is 5.32 Å². The van der Waals surface area contributed by atoms with E-state index < -0.39 is 0 Å². The number of fused-ring (bicyclic) bond motifs is 1. The zero-order valence-electron chi connectivity index (χ0n) is 11.3. The van der Waals surface area contributed by atoms with Gasteiger partial charge in [0.1, 0.15) is 22.0 Å². The van der Waals surface area contributed by atoms with Crippen LogP contribution in [0.25, 0.3) is 0 Å². The fraction of sp³-hybridized carbons (Fsp3) is 0.333. The van der Waals surface area contributed by atoms with E-state index in [4.69, 9.17) is 16.3 Å². The van der Waals surface area contributed by atoms with Gasteiger partial charge in [-0.05, 0) is 34.6 Å². The SMILES string of the molecule is CCNC1CC(c2cc(Br)c(Cl)s2)Oc2cc(F)ccc21. The van der Waals surface area contributed by atoms with Crippen molar-refractivity contribution in [3.63, 3.8) is 0 Å². The van der Waals surface area contributed by atoms with E-state index in [9.17, 15) is 4.39 Å². The van der Waals surface area contributed by atoms with Gasteiger partial charge >= 0.3 is 0 Å². The topological polar surface area (TPSA) is 21.3 Å². The molecule has 2 atom stereocenters. The molecule has 1 aromatic heterocycles. The van der Waals surface area contributed by atoms with E-state index in [0.29, 0.717) is 10.1 Å². The Balaban J connectivity index is 1.96. The highest BCUT2D eigenvalue weighted by atomic mass is 79.9. The molecule has 0 saturated heterocycles. The van der Waals surface area contributed by atoms with Gasteiger partial charge in [0.05, 0.1) is 0 Å². The van der Waals surface area contributed by atoms with Crippen LogP contribution in [0.2, 0.25) is 4.34 Å². The third-order valence-electron chi connectivity index (χ3n) is 3.50. The van der Waals surface area contributed by atoms with Gasteiger partial charge in [-0.25, -0.2) is 4.39 Å². The molecule has 2 heterocycles. The second kappa shape index (κ2) is 6.24. The minimum Gasteiger partial charge on any atom is -0.484 e. The van der Waals surface area contributed by atoms with Gasteiger partial charge in [0.2, 0.25) is 0 Å². The Hall–Kier alpha value is -0.620. The normalized spacial score (nSPS) is 21.0. The molecule has 112 valence electrons. The van der Waals surface area contributed by atoms with Crippen molar-refractivity contribution in [2.75, 3.05) is 6.54 Å². The molecule has 1 aromatic carbocycles. The van der Waals surface area contributed by atoms with Gasteiger partial charge < -0.3 is 10.1 Å². The number of rotatable bonds is 3. The first-order valence-corrected chi connectivity index (χ1v) is 8.71. The molecule has 1 aliphatic heterocycles. The number of halogens is 3. The minimum atomic E-state index is -0.282. The standard InChI is InChI=1S/C15H14BrClFNOS/c1-2-19-11-7-13(14-6-10(16)15(17)21-14)20-12-5-8(18)3-4-9(11)12/h3-6,11,13,19H,2,7H2,1H3. The van der Waals surface area contributed by atoms with E-state index in [2.05, 4.69) is 28.2 Å². The summed E-state index contributed by atoms with van der Waals surface area (Å²) in [6.07, 6.45) is 0.688. The first kappa shape index (κ1) is 15.3. The molecule has 1 aliphatic rings.